The molecule has 0 aliphatic carbocycles. The summed E-state index contributed by atoms with van der Waals surface area (Å²) in [5.74, 6) is -0.377. The van der Waals surface area contributed by atoms with E-state index in [4.69, 9.17) is 14.2 Å². The number of carbonyl (C=O) groups excluding carboxylic acids is 2. The van der Waals surface area contributed by atoms with Crippen molar-refractivity contribution in [2.75, 3.05) is 31.0 Å². The van der Waals surface area contributed by atoms with Crippen LogP contribution in [0.3, 0.4) is 0 Å². The van der Waals surface area contributed by atoms with E-state index in [2.05, 4.69) is 5.32 Å². The third kappa shape index (κ3) is 2.69. The van der Waals surface area contributed by atoms with Crippen LogP contribution in [0.25, 0.3) is 0 Å². The quantitative estimate of drug-likeness (QED) is 0.773. The first kappa shape index (κ1) is 18.7. The zero-order valence-corrected chi connectivity index (χ0v) is 16.7. The first-order chi connectivity index (χ1) is 14.6. The van der Waals surface area contributed by atoms with Crippen molar-refractivity contribution >= 4 is 23.2 Å². The van der Waals surface area contributed by atoms with Crippen molar-refractivity contribution < 1.29 is 23.8 Å². The van der Waals surface area contributed by atoms with Crippen LogP contribution in [0.15, 0.2) is 60.7 Å². The third-order valence-electron chi connectivity index (χ3n) is 6.12. The van der Waals surface area contributed by atoms with Crippen molar-refractivity contribution in [3.8, 4) is 11.5 Å². The Labute approximate surface area is 174 Å². The number of hydrogen-bond donors (Lipinski definition) is 1. The number of rotatable bonds is 5. The summed E-state index contributed by atoms with van der Waals surface area (Å²) in [5, 5.41) is 2.92. The van der Waals surface area contributed by atoms with E-state index in [9.17, 15) is 9.59 Å². The fourth-order valence-corrected chi connectivity index (χ4v) is 4.76. The minimum Gasteiger partial charge on any atom is -0.493 e. The number of carbonyl (C=O) groups is 2. The smallest absolute Gasteiger partial charge is 0.234 e. The second-order valence-electron chi connectivity index (χ2n) is 7.72. The molecule has 2 aromatic carbocycles. The molecule has 7 heteroatoms. The third-order valence-corrected chi connectivity index (χ3v) is 6.12. The molecule has 0 unspecified atom stereocenters. The molecule has 7 nitrogen and oxygen atoms in total. The van der Waals surface area contributed by atoms with Crippen LogP contribution in [-0.2, 0) is 14.3 Å². The highest BCUT2D eigenvalue weighted by molar-refractivity contribution is 6.05. The SMILES string of the molecule is COc1ccc(NC(=O)[C@@H]2[C@H]3C=C[C@@]4(CN(c5ccccc5)C(=O)[C@@H]24)O3)cc1OC. The molecule has 2 aromatic rings. The fourth-order valence-electron chi connectivity index (χ4n) is 4.76. The van der Waals surface area contributed by atoms with Crippen molar-refractivity contribution in [3.05, 3.63) is 60.7 Å². The fraction of sp³-hybridized carbons (Fsp3) is 0.304. The molecule has 2 bridgehead atoms. The standard InChI is InChI=1S/C23H22N2O5/c1-28-16-9-8-14(12-18(16)29-2)24-21(26)19-17-10-11-23(30-17)13-25(22(27)20(19)23)15-6-4-3-5-7-15/h3-12,17,19-20H,13H2,1-2H3,(H,24,26)/t17-,19-,20-,23+/m1/s1. The predicted octanol–water partition coefficient (Wildman–Crippen LogP) is 2.63. The first-order valence-corrected chi connectivity index (χ1v) is 9.83. The highest BCUT2D eigenvalue weighted by Gasteiger charge is 2.67. The van der Waals surface area contributed by atoms with E-state index in [0.29, 0.717) is 23.7 Å². The molecular formula is C23H22N2O5. The van der Waals surface area contributed by atoms with Gasteiger partial charge in [-0.25, -0.2) is 0 Å². The van der Waals surface area contributed by atoms with Crippen LogP contribution >= 0.6 is 0 Å². The van der Waals surface area contributed by atoms with E-state index in [1.165, 1.54) is 7.11 Å². The molecule has 2 fully saturated rings. The van der Waals surface area contributed by atoms with Gasteiger partial charge in [-0.05, 0) is 24.3 Å². The Hall–Kier alpha value is -3.32. The maximum Gasteiger partial charge on any atom is 0.234 e. The van der Waals surface area contributed by atoms with Crippen molar-refractivity contribution in [1.29, 1.82) is 0 Å². The van der Waals surface area contributed by atoms with E-state index < -0.39 is 23.5 Å². The summed E-state index contributed by atoms with van der Waals surface area (Å²) in [6, 6.07) is 14.6. The number of methoxy groups -OCH3 is 2. The molecule has 0 aromatic heterocycles. The Bertz CT molecular complexity index is 1040. The monoisotopic (exact) mass is 406 g/mol. The lowest BCUT2D eigenvalue weighted by atomic mass is 9.77. The highest BCUT2D eigenvalue weighted by atomic mass is 16.5. The predicted molar refractivity (Wildman–Crippen MR) is 111 cm³/mol. The van der Waals surface area contributed by atoms with Crippen LogP contribution in [0.1, 0.15) is 0 Å². The van der Waals surface area contributed by atoms with Crippen LogP contribution < -0.4 is 19.7 Å². The average Bonchev–Trinajstić information content (AvgIpc) is 3.42. The molecule has 2 saturated heterocycles. The molecule has 3 aliphatic rings. The Morgan fingerprint density at radius 1 is 1.13 bits per heavy atom. The minimum absolute atomic E-state index is 0.0829. The number of para-hydroxylation sites is 1. The molecule has 4 atom stereocenters. The summed E-state index contributed by atoms with van der Waals surface area (Å²) in [4.78, 5) is 28.3. The average molecular weight is 406 g/mol. The number of nitrogens with one attached hydrogen (secondary N) is 1. The molecule has 154 valence electrons. The van der Waals surface area contributed by atoms with E-state index in [1.54, 1.807) is 30.2 Å². The summed E-state index contributed by atoms with van der Waals surface area (Å²) in [6.45, 7) is 0.410. The summed E-state index contributed by atoms with van der Waals surface area (Å²) in [7, 11) is 3.09. The lowest BCUT2D eigenvalue weighted by molar-refractivity contribution is -0.128. The Morgan fingerprint density at radius 3 is 2.63 bits per heavy atom. The number of benzene rings is 2. The number of fused-ring (bicyclic) bond motifs is 1. The summed E-state index contributed by atoms with van der Waals surface area (Å²) in [6.07, 6.45) is 3.44. The normalized spacial score (nSPS) is 28.5. The second-order valence-corrected chi connectivity index (χ2v) is 7.72. The first-order valence-electron chi connectivity index (χ1n) is 9.83. The van der Waals surface area contributed by atoms with Crippen LogP contribution in [0.4, 0.5) is 11.4 Å². The molecule has 3 heterocycles. The van der Waals surface area contributed by atoms with Gasteiger partial charge in [0.2, 0.25) is 11.8 Å². The van der Waals surface area contributed by atoms with E-state index >= 15 is 0 Å². The van der Waals surface area contributed by atoms with E-state index in [-0.39, 0.29) is 11.8 Å². The van der Waals surface area contributed by atoms with Crippen LogP contribution in [0.2, 0.25) is 0 Å². The zero-order valence-electron chi connectivity index (χ0n) is 16.7. The summed E-state index contributed by atoms with van der Waals surface area (Å²) < 4.78 is 16.7. The Balaban J connectivity index is 1.41. The largest absolute Gasteiger partial charge is 0.493 e. The van der Waals surface area contributed by atoms with Gasteiger partial charge in [0.25, 0.3) is 0 Å². The number of hydrogen-bond acceptors (Lipinski definition) is 5. The van der Waals surface area contributed by atoms with Gasteiger partial charge in [0.1, 0.15) is 5.60 Å². The van der Waals surface area contributed by atoms with Crippen LogP contribution in [0.5, 0.6) is 11.5 Å². The van der Waals surface area contributed by atoms with Gasteiger partial charge in [-0.1, -0.05) is 30.4 Å². The van der Waals surface area contributed by atoms with Crippen LogP contribution in [0, 0.1) is 11.8 Å². The van der Waals surface area contributed by atoms with Crippen LogP contribution in [-0.4, -0.2) is 44.3 Å². The number of ether oxygens (including phenoxy) is 3. The lowest BCUT2D eigenvalue weighted by Gasteiger charge is -2.23. The Kier molecular flexibility index (Phi) is 4.29. The molecule has 30 heavy (non-hydrogen) atoms. The molecule has 1 N–H and O–H groups in total. The summed E-state index contributed by atoms with van der Waals surface area (Å²) in [5.41, 5.74) is 0.631. The molecule has 1 spiro atoms. The second kappa shape index (κ2) is 6.88. The van der Waals surface area contributed by atoms with Gasteiger partial charge in [-0.2, -0.15) is 0 Å². The summed E-state index contributed by atoms with van der Waals surface area (Å²) >= 11 is 0. The molecule has 0 saturated carbocycles. The van der Waals surface area contributed by atoms with Crippen molar-refractivity contribution in [2.45, 2.75) is 11.7 Å². The molecule has 0 radical (unpaired) electrons. The maximum absolute atomic E-state index is 13.3. The van der Waals surface area contributed by atoms with Gasteiger partial charge in [0, 0.05) is 17.4 Å². The number of nitrogens with zero attached hydrogens (tertiary/aromatic N) is 1. The van der Waals surface area contributed by atoms with Crippen molar-refractivity contribution in [3.63, 3.8) is 0 Å². The molecular weight excluding hydrogens is 384 g/mol. The lowest BCUT2D eigenvalue weighted by Crippen LogP contribution is -2.41. The van der Waals surface area contributed by atoms with Gasteiger partial charge in [0.15, 0.2) is 11.5 Å². The molecule has 3 aliphatic heterocycles. The topological polar surface area (TPSA) is 77.1 Å². The van der Waals surface area contributed by atoms with Gasteiger partial charge >= 0.3 is 0 Å². The molecule has 2 amide bonds. The van der Waals surface area contributed by atoms with Gasteiger partial charge < -0.3 is 24.4 Å². The van der Waals surface area contributed by atoms with E-state index in [1.807, 2.05) is 42.5 Å². The Morgan fingerprint density at radius 2 is 1.90 bits per heavy atom. The molecule has 5 rings (SSSR count). The minimum atomic E-state index is -0.753. The highest BCUT2D eigenvalue weighted by Crippen LogP contribution is 2.52. The van der Waals surface area contributed by atoms with Crippen molar-refractivity contribution in [1.82, 2.24) is 0 Å². The van der Waals surface area contributed by atoms with Gasteiger partial charge in [-0.3, -0.25) is 9.59 Å². The van der Waals surface area contributed by atoms with Crippen molar-refractivity contribution in [2.24, 2.45) is 11.8 Å². The maximum atomic E-state index is 13.3. The zero-order chi connectivity index (χ0) is 20.9. The number of amides is 2. The van der Waals surface area contributed by atoms with Gasteiger partial charge in [0.05, 0.1) is 38.7 Å². The number of anilines is 2. The van der Waals surface area contributed by atoms with Gasteiger partial charge in [-0.15, -0.1) is 0 Å². The van der Waals surface area contributed by atoms with E-state index in [0.717, 1.165) is 5.69 Å².